The summed E-state index contributed by atoms with van der Waals surface area (Å²) in [4.78, 5) is 0. The summed E-state index contributed by atoms with van der Waals surface area (Å²) in [5, 5.41) is 2.49. The molecule has 0 aliphatic carbocycles. The highest BCUT2D eigenvalue weighted by atomic mass is 16.3. The third-order valence-corrected chi connectivity index (χ3v) is 3.41. The lowest BCUT2D eigenvalue weighted by Crippen LogP contribution is -1.79. The Kier molecular flexibility index (Phi) is 2.40. The van der Waals surface area contributed by atoms with Crippen molar-refractivity contribution in [1.82, 2.24) is 0 Å². The molecule has 0 aliphatic rings. The van der Waals surface area contributed by atoms with Crippen molar-refractivity contribution in [3.63, 3.8) is 0 Å². The molecule has 0 spiro atoms. The van der Waals surface area contributed by atoms with Gasteiger partial charge in [-0.1, -0.05) is 26.0 Å². The van der Waals surface area contributed by atoms with Gasteiger partial charge >= 0.3 is 0 Å². The molecule has 0 atom stereocenters. The van der Waals surface area contributed by atoms with E-state index in [1.807, 2.05) is 0 Å². The summed E-state index contributed by atoms with van der Waals surface area (Å²) in [6.07, 6.45) is 2.13. The Morgan fingerprint density at radius 1 is 0.765 bits per heavy atom. The minimum absolute atomic E-state index is 0.991. The molecule has 0 fully saturated rings. The molecule has 86 valence electrons. The van der Waals surface area contributed by atoms with Crippen molar-refractivity contribution < 1.29 is 4.42 Å². The predicted octanol–water partition coefficient (Wildman–Crippen LogP) is 4.71. The third-order valence-electron chi connectivity index (χ3n) is 3.41. The van der Waals surface area contributed by atoms with Gasteiger partial charge in [0, 0.05) is 10.8 Å². The molecule has 0 saturated heterocycles. The van der Waals surface area contributed by atoms with Crippen LogP contribution in [0.5, 0.6) is 0 Å². The maximum Gasteiger partial charge on any atom is 0.135 e. The zero-order valence-corrected chi connectivity index (χ0v) is 10.3. The fraction of sp³-hybridized carbons (Fsp3) is 0.250. The number of furan rings is 1. The van der Waals surface area contributed by atoms with E-state index in [1.165, 1.54) is 21.9 Å². The smallest absolute Gasteiger partial charge is 0.135 e. The van der Waals surface area contributed by atoms with Crippen LogP contribution in [0.3, 0.4) is 0 Å². The maximum atomic E-state index is 5.85. The van der Waals surface area contributed by atoms with Crippen molar-refractivity contribution in [3.05, 3.63) is 47.5 Å². The van der Waals surface area contributed by atoms with E-state index in [0.29, 0.717) is 0 Å². The van der Waals surface area contributed by atoms with Gasteiger partial charge < -0.3 is 4.42 Å². The van der Waals surface area contributed by atoms with Crippen molar-refractivity contribution in [2.45, 2.75) is 26.7 Å². The summed E-state index contributed by atoms with van der Waals surface area (Å²) in [5.74, 6) is 0. The van der Waals surface area contributed by atoms with Gasteiger partial charge in [0.15, 0.2) is 0 Å². The van der Waals surface area contributed by atoms with E-state index in [-0.39, 0.29) is 0 Å². The highest BCUT2D eigenvalue weighted by molar-refractivity contribution is 6.05. The topological polar surface area (TPSA) is 13.1 Å². The van der Waals surface area contributed by atoms with E-state index in [4.69, 9.17) is 4.42 Å². The number of benzene rings is 2. The average Bonchev–Trinajstić information content (AvgIpc) is 2.75. The van der Waals surface area contributed by atoms with E-state index in [1.54, 1.807) is 0 Å². The molecule has 1 heterocycles. The highest BCUT2D eigenvalue weighted by Crippen LogP contribution is 2.30. The van der Waals surface area contributed by atoms with Crippen molar-refractivity contribution in [1.29, 1.82) is 0 Å². The van der Waals surface area contributed by atoms with Gasteiger partial charge in [0.25, 0.3) is 0 Å². The Labute approximate surface area is 101 Å². The Morgan fingerprint density at radius 3 is 1.65 bits per heavy atom. The second-order valence-electron chi connectivity index (χ2n) is 4.47. The second kappa shape index (κ2) is 3.92. The van der Waals surface area contributed by atoms with Crippen LogP contribution in [0, 0.1) is 0 Å². The van der Waals surface area contributed by atoms with Crippen LogP contribution in [0.4, 0.5) is 0 Å². The molecule has 0 amide bonds. The monoisotopic (exact) mass is 224 g/mol. The summed E-state index contributed by atoms with van der Waals surface area (Å²) in [7, 11) is 0. The van der Waals surface area contributed by atoms with Gasteiger partial charge in [-0.3, -0.25) is 0 Å². The third kappa shape index (κ3) is 1.62. The number of aryl methyl sites for hydroxylation is 2. The van der Waals surface area contributed by atoms with Crippen molar-refractivity contribution in [2.24, 2.45) is 0 Å². The van der Waals surface area contributed by atoms with Gasteiger partial charge in [-0.15, -0.1) is 0 Å². The quantitative estimate of drug-likeness (QED) is 0.614. The largest absolute Gasteiger partial charge is 0.456 e. The zero-order valence-electron chi connectivity index (χ0n) is 10.3. The predicted molar refractivity (Wildman–Crippen MR) is 72.5 cm³/mol. The lowest BCUT2D eigenvalue weighted by atomic mass is 10.1. The van der Waals surface area contributed by atoms with Crippen LogP contribution in [0.25, 0.3) is 21.9 Å². The van der Waals surface area contributed by atoms with E-state index in [9.17, 15) is 0 Å². The van der Waals surface area contributed by atoms with Crippen LogP contribution in [0.1, 0.15) is 25.0 Å². The molecular weight excluding hydrogens is 208 g/mol. The first-order chi connectivity index (χ1) is 8.31. The first-order valence-corrected chi connectivity index (χ1v) is 6.26. The molecule has 2 aromatic carbocycles. The fourth-order valence-corrected chi connectivity index (χ4v) is 2.31. The summed E-state index contributed by atoms with van der Waals surface area (Å²) < 4.78 is 5.85. The molecule has 17 heavy (non-hydrogen) atoms. The van der Waals surface area contributed by atoms with E-state index in [2.05, 4.69) is 50.2 Å². The van der Waals surface area contributed by atoms with Gasteiger partial charge in [-0.25, -0.2) is 0 Å². The molecule has 1 aromatic heterocycles. The van der Waals surface area contributed by atoms with Gasteiger partial charge in [0.1, 0.15) is 11.2 Å². The SMILES string of the molecule is CCc1ccc2oc3ccc(CC)cc3c2c1. The number of hydrogen-bond donors (Lipinski definition) is 0. The number of rotatable bonds is 2. The van der Waals surface area contributed by atoms with Crippen molar-refractivity contribution in [2.75, 3.05) is 0 Å². The molecular formula is C16H16O. The van der Waals surface area contributed by atoms with E-state index < -0.39 is 0 Å². The van der Waals surface area contributed by atoms with Crippen molar-refractivity contribution >= 4 is 21.9 Å². The number of fused-ring (bicyclic) bond motifs is 3. The van der Waals surface area contributed by atoms with Crippen LogP contribution in [-0.4, -0.2) is 0 Å². The summed E-state index contributed by atoms with van der Waals surface area (Å²) >= 11 is 0. The maximum absolute atomic E-state index is 5.85. The van der Waals surface area contributed by atoms with Crippen LogP contribution in [0.15, 0.2) is 40.8 Å². The molecule has 0 bridgehead atoms. The lowest BCUT2D eigenvalue weighted by Gasteiger charge is -1.97. The van der Waals surface area contributed by atoms with E-state index >= 15 is 0 Å². The zero-order chi connectivity index (χ0) is 11.8. The van der Waals surface area contributed by atoms with E-state index in [0.717, 1.165) is 24.0 Å². The first-order valence-electron chi connectivity index (χ1n) is 6.26. The number of hydrogen-bond acceptors (Lipinski definition) is 1. The van der Waals surface area contributed by atoms with Gasteiger partial charge in [0.05, 0.1) is 0 Å². The Bertz CT molecular complexity index is 618. The molecule has 1 heteroatoms. The van der Waals surface area contributed by atoms with Gasteiger partial charge in [-0.05, 0) is 48.2 Å². The summed E-state index contributed by atoms with van der Waals surface area (Å²) in [6, 6.07) is 13.0. The van der Waals surface area contributed by atoms with Gasteiger partial charge in [0.2, 0.25) is 0 Å². The Morgan fingerprint density at radius 2 is 1.24 bits per heavy atom. The van der Waals surface area contributed by atoms with Crippen LogP contribution < -0.4 is 0 Å². The molecule has 1 nitrogen and oxygen atoms in total. The summed E-state index contributed by atoms with van der Waals surface area (Å²) in [5.41, 5.74) is 4.71. The average molecular weight is 224 g/mol. The van der Waals surface area contributed by atoms with Crippen molar-refractivity contribution in [3.8, 4) is 0 Å². The molecule has 0 N–H and O–H groups in total. The first kappa shape index (κ1) is 10.4. The molecule has 0 radical (unpaired) electrons. The normalized spacial score (nSPS) is 11.4. The fourth-order valence-electron chi connectivity index (χ4n) is 2.31. The van der Waals surface area contributed by atoms with Crippen LogP contribution in [0.2, 0.25) is 0 Å². The Hall–Kier alpha value is -1.76. The minimum Gasteiger partial charge on any atom is -0.456 e. The summed E-state index contributed by atoms with van der Waals surface area (Å²) in [6.45, 7) is 4.36. The highest BCUT2D eigenvalue weighted by Gasteiger charge is 2.07. The molecule has 0 unspecified atom stereocenters. The standard InChI is InChI=1S/C16H16O/c1-3-11-5-7-15-13(9-11)14-10-12(4-2)6-8-16(14)17-15/h5-10H,3-4H2,1-2H3. The molecule has 0 saturated carbocycles. The minimum atomic E-state index is 0.991. The second-order valence-corrected chi connectivity index (χ2v) is 4.47. The van der Waals surface area contributed by atoms with Gasteiger partial charge in [-0.2, -0.15) is 0 Å². The lowest BCUT2D eigenvalue weighted by molar-refractivity contribution is 0.668. The van der Waals surface area contributed by atoms with Crippen LogP contribution in [-0.2, 0) is 12.8 Å². The van der Waals surface area contributed by atoms with Crippen LogP contribution >= 0.6 is 0 Å². The molecule has 0 aliphatic heterocycles. The molecule has 3 aromatic rings. The molecule has 3 rings (SSSR count). The Balaban J connectivity index is 2.37.